The molecule has 0 unspecified atom stereocenters. The molecule has 0 radical (unpaired) electrons. The molecule has 30 heavy (non-hydrogen) atoms. The maximum atomic E-state index is 13.1. The van der Waals surface area contributed by atoms with Crippen LogP contribution >= 0.6 is 0 Å². The van der Waals surface area contributed by atoms with Gasteiger partial charge in [0.05, 0.1) is 6.10 Å². The molecule has 2 aliphatic rings. The summed E-state index contributed by atoms with van der Waals surface area (Å²) in [7, 11) is 1.43. The Morgan fingerprint density at radius 2 is 1.83 bits per heavy atom. The van der Waals surface area contributed by atoms with Gasteiger partial charge >= 0.3 is 12.1 Å². The number of carbonyl (C=O) groups is 4. The molecule has 0 spiro atoms. The highest BCUT2D eigenvalue weighted by atomic mass is 16.6. The van der Waals surface area contributed by atoms with E-state index in [9.17, 15) is 29.4 Å². The minimum atomic E-state index is -1.09. The highest BCUT2D eigenvalue weighted by molar-refractivity contribution is 5.93. The molecule has 10 nitrogen and oxygen atoms in total. The molecule has 2 heterocycles. The molecule has 2 fully saturated rings. The first-order valence-corrected chi connectivity index (χ1v) is 10.3. The number of hydrogen-bond donors (Lipinski definition) is 3. The monoisotopic (exact) mass is 427 g/mol. The second-order valence-corrected chi connectivity index (χ2v) is 9.13. The number of carboxylic acid groups (broad SMARTS) is 1. The van der Waals surface area contributed by atoms with Crippen molar-refractivity contribution in [1.29, 1.82) is 0 Å². The average molecular weight is 427 g/mol. The Hall–Kier alpha value is -2.36. The first kappa shape index (κ1) is 23.9. The molecule has 0 aromatic carbocycles. The molecule has 2 saturated heterocycles. The van der Waals surface area contributed by atoms with Gasteiger partial charge < -0.3 is 25.2 Å². The van der Waals surface area contributed by atoms with Crippen LogP contribution in [0.15, 0.2) is 0 Å². The van der Waals surface area contributed by atoms with Gasteiger partial charge in [-0.05, 0) is 59.8 Å². The van der Waals surface area contributed by atoms with E-state index in [0.717, 1.165) is 4.90 Å². The lowest BCUT2D eigenvalue weighted by atomic mass is 9.96. The van der Waals surface area contributed by atoms with Crippen molar-refractivity contribution in [2.45, 2.75) is 95.7 Å². The second-order valence-electron chi connectivity index (χ2n) is 9.13. The van der Waals surface area contributed by atoms with Crippen LogP contribution in [0.1, 0.15) is 59.8 Å². The van der Waals surface area contributed by atoms with E-state index in [-0.39, 0.29) is 12.5 Å². The number of hydrogen-bond acceptors (Lipinski definition) is 6. The number of nitrogens with zero attached hydrogens (tertiary/aromatic N) is 2. The van der Waals surface area contributed by atoms with Gasteiger partial charge in [-0.1, -0.05) is 0 Å². The van der Waals surface area contributed by atoms with Gasteiger partial charge in [-0.2, -0.15) is 0 Å². The van der Waals surface area contributed by atoms with E-state index in [0.29, 0.717) is 25.7 Å². The van der Waals surface area contributed by atoms with Crippen LogP contribution in [0.4, 0.5) is 4.79 Å². The van der Waals surface area contributed by atoms with Gasteiger partial charge in [0.1, 0.15) is 23.7 Å². The molecule has 2 rings (SSSR count). The van der Waals surface area contributed by atoms with E-state index in [2.05, 4.69) is 5.32 Å². The molecule has 3 N–H and O–H groups in total. The van der Waals surface area contributed by atoms with Crippen LogP contribution in [0.3, 0.4) is 0 Å². The number of aliphatic hydroxyl groups excluding tert-OH is 1. The summed E-state index contributed by atoms with van der Waals surface area (Å²) in [6, 6.07) is -3.21. The van der Waals surface area contributed by atoms with Gasteiger partial charge in [0.2, 0.25) is 11.8 Å². The van der Waals surface area contributed by atoms with Gasteiger partial charge in [-0.3, -0.25) is 14.5 Å². The summed E-state index contributed by atoms with van der Waals surface area (Å²) in [5.74, 6) is -2.11. The topological polar surface area (TPSA) is 136 Å². The smallest absolute Gasteiger partial charge is 0.410 e. The lowest BCUT2D eigenvalue weighted by Gasteiger charge is -2.36. The summed E-state index contributed by atoms with van der Waals surface area (Å²) in [5, 5.41) is 22.4. The van der Waals surface area contributed by atoms with Crippen molar-refractivity contribution in [2.75, 3.05) is 7.05 Å². The fourth-order valence-corrected chi connectivity index (χ4v) is 3.88. The molecule has 0 saturated carbocycles. The number of fused-ring (bicyclic) bond motifs is 1. The van der Waals surface area contributed by atoms with Crippen molar-refractivity contribution in [2.24, 2.45) is 0 Å². The Morgan fingerprint density at radius 3 is 2.40 bits per heavy atom. The largest absolute Gasteiger partial charge is 0.480 e. The minimum Gasteiger partial charge on any atom is -0.480 e. The summed E-state index contributed by atoms with van der Waals surface area (Å²) < 4.78 is 5.26. The highest BCUT2D eigenvalue weighted by Crippen LogP contribution is 2.31. The number of carbonyl (C=O) groups excluding carboxylic acids is 3. The van der Waals surface area contributed by atoms with Crippen LogP contribution in [0, 0.1) is 0 Å². The zero-order valence-corrected chi connectivity index (χ0v) is 18.3. The lowest BCUT2D eigenvalue weighted by Crippen LogP contribution is -2.58. The number of aliphatic carboxylic acids is 1. The van der Waals surface area contributed by atoms with Crippen molar-refractivity contribution < 1.29 is 34.1 Å². The number of rotatable bonds is 4. The molecule has 3 amide bonds. The van der Waals surface area contributed by atoms with E-state index in [4.69, 9.17) is 4.74 Å². The fraction of sp³-hybridized carbons (Fsp3) is 0.800. The third-order valence-electron chi connectivity index (χ3n) is 5.63. The molecular formula is C20H33N3O7. The van der Waals surface area contributed by atoms with Crippen molar-refractivity contribution in [3.8, 4) is 0 Å². The van der Waals surface area contributed by atoms with Crippen molar-refractivity contribution in [3.63, 3.8) is 0 Å². The molecule has 10 heteroatoms. The van der Waals surface area contributed by atoms with Gasteiger partial charge in [-0.15, -0.1) is 0 Å². The quantitative estimate of drug-likeness (QED) is 0.601. The normalized spacial score (nSPS) is 28.1. The van der Waals surface area contributed by atoms with Crippen LogP contribution in [0.2, 0.25) is 0 Å². The molecule has 0 bridgehead atoms. The Kier molecular flexibility index (Phi) is 7.33. The van der Waals surface area contributed by atoms with Crippen molar-refractivity contribution in [1.82, 2.24) is 15.1 Å². The maximum Gasteiger partial charge on any atom is 0.410 e. The molecule has 170 valence electrons. The van der Waals surface area contributed by atoms with Gasteiger partial charge in [0.25, 0.3) is 0 Å². The Bertz CT molecular complexity index is 690. The van der Waals surface area contributed by atoms with Gasteiger partial charge in [0.15, 0.2) is 0 Å². The standard InChI is InChI=1S/C20H33N3O7/c1-11(22(5)19(29)30-20(2,3)4)16(25)21-14-8-7-13(24)10-12-6-9-15(18(27)28)23(12)17(14)26/h11-15,24H,6-10H2,1-5H3,(H,21,25)(H,27,28)/t11-,12+,13-,14-,15-/m0/s1. The Labute approximate surface area is 176 Å². The molecular weight excluding hydrogens is 394 g/mol. The predicted octanol–water partition coefficient (Wildman–Crippen LogP) is 0.716. The predicted molar refractivity (Wildman–Crippen MR) is 107 cm³/mol. The number of likely N-dealkylation sites (N-methyl/N-ethyl adjacent to an activating group) is 1. The summed E-state index contributed by atoms with van der Waals surface area (Å²) in [6.45, 7) is 6.66. The summed E-state index contributed by atoms with van der Waals surface area (Å²) in [4.78, 5) is 52.1. The third kappa shape index (κ3) is 5.62. The summed E-state index contributed by atoms with van der Waals surface area (Å²) >= 11 is 0. The van der Waals surface area contributed by atoms with Crippen LogP contribution in [-0.4, -0.2) is 86.8 Å². The Morgan fingerprint density at radius 1 is 1.20 bits per heavy atom. The summed E-state index contributed by atoms with van der Waals surface area (Å²) in [6.07, 6.45) is 0.289. The zero-order valence-electron chi connectivity index (χ0n) is 18.3. The van der Waals surface area contributed by atoms with E-state index in [1.54, 1.807) is 20.8 Å². The van der Waals surface area contributed by atoms with Crippen molar-refractivity contribution in [3.05, 3.63) is 0 Å². The summed E-state index contributed by atoms with van der Waals surface area (Å²) in [5.41, 5.74) is -0.718. The molecule has 0 aromatic rings. The van der Waals surface area contributed by atoms with E-state index in [1.807, 2.05) is 0 Å². The second kappa shape index (κ2) is 9.20. The average Bonchev–Trinajstić information content (AvgIpc) is 3.04. The maximum absolute atomic E-state index is 13.1. The molecule has 2 aliphatic heterocycles. The molecule has 0 aromatic heterocycles. The van der Waals surface area contributed by atoms with Gasteiger partial charge in [0, 0.05) is 13.1 Å². The fourth-order valence-electron chi connectivity index (χ4n) is 3.88. The molecule has 5 atom stereocenters. The zero-order chi connectivity index (χ0) is 22.8. The van der Waals surface area contributed by atoms with E-state index >= 15 is 0 Å². The lowest BCUT2D eigenvalue weighted by molar-refractivity contribution is -0.152. The van der Waals surface area contributed by atoms with Crippen molar-refractivity contribution >= 4 is 23.9 Å². The first-order valence-electron chi connectivity index (χ1n) is 10.3. The number of aliphatic hydroxyl groups is 1. The van der Waals surface area contributed by atoms with Gasteiger partial charge in [-0.25, -0.2) is 9.59 Å². The van der Waals surface area contributed by atoms with E-state index < -0.39 is 53.7 Å². The Balaban J connectivity index is 2.12. The van der Waals surface area contributed by atoms with Crippen LogP contribution < -0.4 is 5.32 Å². The number of amides is 3. The minimum absolute atomic E-state index is 0.185. The van der Waals surface area contributed by atoms with E-state index in [1.165, 1.54) is 18.9 Å². The highest BCUT2D eigenvalue weighted by Gasteiger charge is 2.45. The molecule has 0 aliphatic carbocycles. The van der Waals surface area contributed by atoms with Crippen LogP contribution in [-0.2, 0) is 19.1 Å². The van der Waals surface area contributed by atoms with Crippen LogP contribution in [0.25, 0.3) is 0 Å². The number of ether oxygens (including phenoxy) is 1. The SMILES string of the molecule is C[C@@H](C(=O)N[C@H]1CC[C@H](O)C[C@H]2CC[C@@H](C(=O)O)N2C1=O)N(C)C(=O)OC(C)(C)C. The third-order valence-corrected chi connectivity index (χ3v) is 5.63. The number of nitrogens with one attached hydrogen (secondary N) is 1. The van der Waals surface area contributed by atoms with Crippen LogP contribution in [0.5, 0.6) is 0 Å². The first-order chi connectivity index (χ1) is 13.8. The number of carboxylic acids is 1.